The van der Waals surface area contributed by atoms with Crippen molar-refractivity contribution in [1.29, 1.82) is 0 Å². The van der Waals surface area contributed by atoms with Crippen molar-refractivity contribution < 1.29 is 105 Å². The van der Waals surface area contributed by atoms with Gasteiger partial charge < -0.3 is 99.9 Å². The van der Waals surface area contributed by atoms with E-state index in [4.69, 9.17) is 28.4 Å². The maximum absolute atomic E-state index is 12.8. The Hall–Kier alpha value is -1.55. The van der Waals surface area contributed by atoms with Crippen LogP contribution in [0.1, 0.15) is 87.0 Å². The van der Waals surface area contributed by atoms with Gasteiger partial charge in [0.05, 0.1) is 68.5 Å². The van der Waals surface area contributed by atoms with E-state index >= 15 is 0 Å². The molecular weight excluding hydrogens is 913 g/mol. The maximum atomic E-state index is 12.8. The van der Waals surface area contributed by atoms with Crippen molar-refractivity contribution >= 4 is 5.97 Å². The lowest BCUT2D eigenvalue weighted by Crippen LogP contribution is -2.76. The highest BCUT2D eigenvalue weighted by molar-refractivity contribution is 5.73. The van der Waals surface area contributed by atoms with E-state index in [9.17, 15) is 76.3 Å². The Balaban J connectivity index is 1.12. The van der Waals surface area contributed by atoms with Crippen molar-refractivity contribution in [2.75, 3.05) is 26.4 Å². The highest BCUT2D eigenvalue weighted by Gasteiger charge is 2.75. The van der Waals surface area contributed by atoms with E-state index < -0.39 is 181 Å². The van der Waals surface area contributed by atoms with E-state index in [1.807, 2.05) is 34.6 Å². The molecule has 26 atom stereocenters. The second kappa shape index (κ2) is 18.7. The first-order valence-corrected chi connectivity index (χ1v) is 24.6. The van der Waals surface area contributed by atoms with Gasteiger partial charge in [-0.15, -0.1) is 0 Å². The van der Waals surface area contributed by atoms with Crippen LogP contribution in [0.5, 0.6) is 0 Å². The Kier molecular flexibility index (Phi) is 14.5. The third kappa shape index (κ3) is 7.86. The third-order valence-electron chi connectivity index (χ3n) is 19.8. The number of rotatable bonds is 10. The molecule has 0 aromatic rings. The van der Waals surface area contributed by atoms with Crippen molar-refractivity contribution in [2.24, 2.45) is 56.2 Å². The smallest absolute Gasteiger partial charge is 0.335 e. The molecule has 3 saturated heterocycles. The zero-order chi connectivity index (χ0) is 50.9. The summed E-state index contributed by atoms with van der Waals surface area (Å²) in [5.41, 5.74) is -4.32. The molecule has 5 aliphatic carbocycles. The summed E-state index contributed by atoms with van der Waals surface area (Å²) in [6.45, 7) is 11.8. The van der Waals surface area contributed by atoms with E-state index in [1.165, 1.54) is 0 Å². The van der Waals surface area contributed by atoms with E-state index in [0.717, 1.165) is 5.57 Å². The van der Waals surface area contributed by atoms with Gasteiger partial charge in [0.25, 0.3) is 0 Å². The van der Waals surface area contributed by atoms with Crippen LogP contribution in [0.2, 0.25) is 0 Å². The lowest BCUT2D eigenvalue weighted by Gasteiger charge is -2.73. The number of carboxylic acids is 1. The lowest BCUT2D eigenvalue weighted by molar-refractivity contribution is -0.392. The Morgan fingerprint density at radius 3 is 1.93 bits per heavy atom. The number of carbonyl (C=O) groups is 1. The number of aliphatic hydroxyl groups is 13. The molecule has 21 nitrogen and oxygen atoms in total. The average Bonchev–Trinajstić information content (AvgIpc) is 3.29. The molecule has 0 radical (unpaired) electrons. The molecule has 4 saturated carbocycles. The minimum Gasteiger partial charge on any atom is -0.479 e. The van der Waals surface area contributed by atoms with Gasteiger partial charge in [-0.05, 0) is 77.9 Å². The van der Waals surface area contributed by atoms with Crippen LogP contribution in [0, 0.1) is 56.2 Å². The Labute approximate surface area is 401 Å². The zero-order valence-electron chi connectivity index (χ0n) is 40.5. The van der Waals surface area contributed by atoms with E-state index in [-0.39, 0.29) is 18.4 Å². The zero-order valence-corrected chi connectivity index (χ0v) is 40.5. The van der Waals surface area contributed by atoms with Crippen LogP contribution in [-0.4, -0.2) is 214 Å². The van der Waals surface area contributed by atoms with E-state index in [2.05, 4.69) is 19.9 Å². The molecule has 0 amide bonds. The molecule has 69 heavy (non-hydrogen) atoms. The molecule has 21 heteroatoms. The lowest BCUT2D eigenvalue weighted by atomic mass is 9.32. The summed E-state index contributed by atoms with van der Waals surface area (Å²) in [6.07, 6.45) is -24.8. The van der Waals surface area contributed by atoms with Gasteiger partial charge in [0.2, 0.25) is 0 Å². The van der Waals surface area contributed by atoms with Crippen LogP contribution in [0.25, 0.3) is 0 Å². The summed E-state index contributed by atoms with van der Waals surface area (Å²) in [5, 5.41) is 154. The molecule has 8 unspecified atom stereocenters. The molecule has 0 spiro atoms. The van der Waals surface area contributed by atoms with Gasteiger partial charge in [-0.25, -0.2) is 4.79 Å². The Bertz CT molecular complexity index is 1900. The molecule has 8 aliphatic rings. The average molecular weight is 991 g/mol. The summed E-state index contributed by atoms with van der Waals surface area (Å²) >= 11 is 0. The number of ether oxygens (including phenoxy) is 6. The largest absolute Gasteiger partial charge is 0.479 e. The molecule has 0 aromatic heterocycles. The highest BCUT2D eigenvalue weighted by Crippen LogP contribution is 2.76. The molecule has 0 aromatic carbocycles. The number of hydrogen-bond acceptors (Lipinski definition) is 20. The summed E-state index contributed by atoms with van der Waals surface area (Å²) < 4.78 is 36.5. The van der Waals surface area contributed by atoms with Crippen molar-refractivity contribution in [3.05, 3.63) is 11.6 Å². The first-order chi connectivity index (χ1) is 32.1. The van der Waals surface area contributed by atoms with Gasteiger partial charge in [0, 0.05) is 11.3 Å². The van der Waals surface area contributed by atoms with Gasteiger partial charge in [-0.2, -0.15) is 0 Å². The highest BCUT2D eigenvalue weighted by atomic mass is 16.8. The van der Waals surface area contributed by atoms with Crippen molar-refractivity contribution in [3.63, 3.8) is 0 Å². The van der Waals surface area contributed by atoms with E-state index in [0.29, 0.717) is 38.5 Å². The van der Waals surface area contributed by atoms with Gasteiger partial charge in [-0.3, -0.25) is 0 Å². The molecule has 14 N–H and O–H groups in total. The van der Waals surface area contributed by atoms with Crippen molar-refractivity contribution in [3.8, 4) is 0 Å². The fourth-order valence-electron chi connectivity index (χ4n) is 15.4. The minimum atomic E-state index is -2.09. The summed E-state index contributed by atoms with van der Waals surface area (Å²) in [7, 11) is 0. The Morgan fingerprint density at radius 2 is 1.30 bits per heavy atom. The van der Waals surface area contributed by atoms with Crippen molar-refractivity contribution in [2.45, 2.75) is 197 Å². The Morgan fingerprint density at radius 1 is 0.667 bits per heavy atom. The molecular formula is C48H78O21. The molecule has 8 rings (SSSR count). The molecule has 3 heterocycles. The monoisotopic (exact) mass is 991 g/mol. The van der Waals surface area contributed by atoms with Gasteiger partial charge in [-0.1, -0.05) is 60.1 Å². The van der Waals surface area contributed by atoms with Gasteiger partial charge in [0.15, 0.2) is 25.0 Å². The minimum absolute atomic E-state index is 0.0754. The van der Waals surface area contributed by atoms with Crippen LogP contribution >= 0.6 is 0 Å². The number of allylic oxidation sites excluding steroid dienone is 1. The van der Waals surface area contributed by atoms with Crippen LogP contribution < -0.4 is 0 Å². The number of fused-ring (bicyclic) bond motifs is 7. The van der Waals surface area contributed by atoms with Crippen LogP contribution in [-0.2, 0) is 33.2 Å². The van der Waals surface area contributed by atoms with Crippen LogP contribution in [0.3, 0.4) is 0 Å². The second-order valence-electron chi connectivity index (χ2n) is 23.7. The molecule has 396 valence electrons. The van der Waals surface area contributed by atoms with Gasteiger partial charge in [0.1, 0.15) is 48.8 Å². The number of hydrogen-bond donors (Lipinski definition) is 14. The molecule has 0 bridgehead atoms. The standard InChI is InChI=1S/C48H78O21/c1-43(2)14-21-20-8-9-24-45(5)12-11-25(44(3,4)23(45)10-13-46(24,6)47(20,7)36(59)38(61)48(21,18-51)37(60)35(43)58)66-42-34(69-41-30(56)28(54)27(53)22(16-50)65-41)32(31(57)33(68-42)39(62)63)67-40-29(55)26(52)19(15-49)17-64-40/h8,19,21-38,40-42,49-61H,9-18H2,1-7H3,(H,62,63)/t19-,21?,22?,23?,24?,25+,26?,27+,28?,29+,30+,31+,32?,33?,34+,35+,36+,37+,38-,40+,41+,42-,45+,46-,47+,48-/m1/s1. The summed E-state index contributed by atoms with van der Waals surface area (Å²) in [4.78, 5) is 12.8. The first kappa shape index (κ1) is 53.7. The van der Waals surface area contributed by atoms with Crippen molar-refractivity contribution in [1.82, 2.24) is 0 Å². The quantitative estimate of drug-likeness (QED) is 0.0793. The fraction of sp³-hybridized carbons (Fsp3) is 0.938. The van der Waals surface area contributed by atoms with Crippen LogP contribution in [0.4, 0.5) is 0 Å². The maximum Gasteiger partial charge on any atom is 0.335 e. The van der Waals surface area contributed by atoms with Crippen LogP contribution in [0.15, 0.2) is 11.6 Å². The third-order valence-corrected chi connectivity index (χ3v) is 19.8. The number of carboxylic acid groups (broad SMARTS) is 1. The topological polar surface area (TPSA) is 356 Å². The first-order valence-electron chi connectivity index (χ1n) is 24.6. The fourth-order valence-corrected chi connectivity index (χ4v) is 15.4. The normalized spacial score (nSPS) is 54.8. The molecule has 3 aliphatic heterocycles. The number of aliphatic hydroxyl groups excluding tert-OH is 13. The summed E-state index contributed by atoms with van der Waals surface area (Å²) in [6, 6.07) is 0. The predicted molar refractivity (Wildman–Crippen MR) is 235 cm³/mol. The SMILES string of the molecule is CC1(C)CC2C3=CCC4[C@@]5(C)CC[C@H](O[C@@H]6OC(C(=O)O)[C@@H](O)C(O[C@@H]7OC[C@@H](CO)C(O)[C@@H]7O)[C@@H]6O[C@@H]6OC(CO)[C@H](O)C(O)[C@@H]6O)C(C)(C)C5CC[C@@]4(C)[C@]3(C)[C@@H](O)[C@@H](O)[C@@]2(CO)[C@@H](O)[C@@H]1O. The van der Waals surface area contributed by atoms with Gasteiger partial charge >= 0.3 is 5.97 Å². The predicted octanol–water partition coefficient (Wildman–Crippen LogP) is -2.52. The van der Waals surface area contributed by atoms with E-state index in [1.54, 1.807) is 0 Å². The number of aliphatic carboxylic acids is 1. The second-order valence-corrected chi connectivity index (χ2v) is 23.7. The molecule has 7 fully saturated rings. The summed E-state index contributed by atoms with van der Waals surface area (Å²) in [5.74, 6) is -3.26.